The van der Waals surface area contributed by atoms with E-state index in [1.807, 2.05) is 41.7 Å². The van der Waals surface area contributed by atoms with Gasteiger partial charge in [-0.25, -0.2) is 15.0 Å². The number of aromatic nitrogens is 3. The third-order valence-electron chi connectivity index (χ3n) is 10.3. The van der Waals surface area contributed by atoms with Gasteiger partial charge in [-0.15, -0.1) is 27.7 Å². The predicted molar refractivity (Wildman–Crippen MR) is 223 cm³/mol. The van der Waals surface area contributed by atoms with E-state index in [4.69, 9.17) is 19.4 Å². The Hall–Kier alpha value is -5.33. The van der Waals surface area contributed by atoms with Crippen molar-refractivity contribution in [3.63, 3.8) is 0 Å². The summed E-state index contributed by atoms with van der Waals surface area (Å²) in [6.45, 7) is 0. The molecule has 0 amide bonds. The Labute approximate surface area is 292 Å². The van der Waals surface area contributed by atoms with E-state index in [9.17, 15) is 0 Å². The van der Waals surface area contributed by atoms with E-state index < -0.39 is 0 Å². The molecule has 9 aromatic rings. The van der Waals surface area contributed by atoms with Crippen molar-refractivity contribution in [1.29, 1.82) is 0 Å². The van der Waals surface area contributed by atoms with Crippen LogP contribution in [0.1, 0.15) is 0 Å². The van der Waals surface area contributed by atoms with Crippen LogP contribution in [0.4, 0.5) is 0 Å². The summed E-state index contributed by atoms with van der Waals surface area (Å²) in [4.78, 5) is 15.2. The summed E-state index contributed by atoms with van der Waals surface area (Å²) in [7, 11) is 10.9. The summed E-state index contributed by atoms with van der Waals surface area (Å²) in [5.41, 5.74) is 13.3. The molecular formula is C39H28B5N3OS. The molecule has 10 heteroatoms. The fraction of sp³-hybridized carbons (Fsp3) is 0. The molecule has 226 valence electrons. The Bertz CT molecular complexity index is 2770. The molecule has 3 aromatic heterocycles. The molecule has 0 aliphatic rings. The van der Waals surface area contributed by atoms with E-state index in [1.165, 1.54) is 58.6 Å². The van der Waals surface area contributed by atoms with Crippen LogP contribution in [-0.4, -0.2) is 54.2 Å². The largest absolute Gasteiger partial charge is 0.456 e. The number of nitrogens with zero attached hydrogens (tertiary/aromatic N) is 3. The van der Waals surface area contributed by atoms with Gasteiger partial charge in [0.05, 0.1) is 0 Å². The Morgan fingerprint density at radius 3 is 1.90 bits per heavy atom. The molecule has 0 spiro atoms. The van der Waals surface area contributed by atoms with Crippen molar-refractivity contribution in [3.8, 4) is 45.3 Å². The molecule has 0 aliphatic heterocycles. The first-order valence-corrected chi connectivity index (χ1v) is 17.4. The van der Waals surface area contributed by atoms with Gasteiger partial charge in [-0.3, -0.25) is 0 Å². The highest BCUT2D eigenvalue weighted by Crippen LogP contribution is 2.41. The highest BCUT2D eigenvalue weighted by Gasteiger charge is 2.20. The molecule has 0 fully saturated rings. The van der Waals surface area contributed by atoms with Crippen LogP contribution >= 0.6 is 11.3 Å². The molecule has 0 bridgehead atoms. The second-order valence-electron chi connectivity index (χ2n) is 13.0. The van der Waals surface area contributed by atoms with Gasteiger partial charge in [-0.1, -0.05) is 89.8 Å². The minimum Gasteiger partial charge on any atom is -0.456 e. The van der Waals surface area contributed by atoms with E-state index in [0.29, 0.717) is 17.5 Å². The number of hydrogen-bond donors (Lipinski definition) is 0. The summed E-state index contributed by atoms with van der Waals surface area (Å²) >= 11 is 1.85. The van der Waals surface area contributed by atoms with E-state index in [2.05, 4.69) is 118 Å². The lowest BCUT2D eigenvalue weighted by Gasteiger charge is -2.20. The summed E-state index contributed by atoms with van der Waals surface area (Å²) in [5.74, 6) is 1.97. The number of hydrogen-bond acceptors (Lipinski definition) is 5. The number of furan rings is 1. The summed E-state index contributed by atoms with van der Waals surface area (Å²) < 4.78 is 9.10. The second-order valence-corrected chi connectivity index (χ2v) is 14.0. The molecule has 0 aliphatic carbocycles. The zero-order valence-corrected chi connectivity index (χ0v) is 28.9. The first-order chi connectivity index (χ1) is 23.9. The van der Waals surface area contributed by atoms with Gasteiger partial charge in [0.15, 0.2) is 17.5 Å². The third kappa shape index (κ3) is 4.77. The molecule has 0 atom stereocenters. The van der Waals surface area contributed by atoms with Crippen LogP contribution in [0.25, 0.3) is 87.4 Å². The molecule has 3 heterocycles. The number of rotatable bonds is 4. The maximum absolute atomic E-state index is 6.49. The number of benzene rings is 6. The molecule has 4 nitrogen and oxygen atoms in total. The van der Waals surface area contributed by atoms with Crippen molar-refractivity contribution in [2.24, 2.45) is 0 Å². The SMILES string of the molecule is Bc1c(B)c(B)c(-c2nc(-c3ccccc3)nc(-c3ccc4c(c3)oc3ccc(-c5cccc6c5sc5ccccc56)cc34)n2)c(B)c1B. The van der Waals surface area contributed by atoms with Crippen LogP contribution in [0.5, 0.6) is 0 Å². The van der Waals surface area contributed by atoms with E-state index >= 15 is 0 Å². The molecule has 0 unspecified atom stereocenters. The Kier molecular flexibility index (Phi) is 6.92. The fourth-order valence-electron chi connectivity index (χ4n) is 7.23. The van der Waals surface area contributed by atoms with Crippen molar-refractivity contribution >= 4 is 120 Å². The summed E-state index contributed by atoms with van der Waals surface area (Å²) in [5, 5.41) is 4.77. The smallest absolute Gasteiger partial charge is 0.164 e. The van der Waals surface area contributed by atoms with Crippen LogP contribution in [0.15, 0.2) is 114 Å². The number of thiophene rings is 1. The Balaban J connectivity index is 1.20. The number of fused-ring (bicyclic) bond motifs is 6. The van der Waals surface area contributed by atoms with Gasteiger partial charge in [-0.05, 0) is 41.5 Å². The van der Waals surface area contributed by atoms with Crippen molar-refractivity contribution in [1.82, 2.24) is 15.0 Å². The molecule has 0 saturated heterocycles. The lowest BCUT2D eigenvalue weighted by Crippen LogP contribution is -2.55. The summed E-state index contributed by atoms with van der Waals surface area (Å²) in [6, 6.07) is 38.3. The fourth-order valence-corrected chi connectivity index (χ4v) is 8.47. The molecule has 0 radical (unpaired) electrons. The Morgan fingerprint density at radius 1 is 0.449 bits per heavy atom. The monoisotopic (exact) mass is 641 g/mol. The van der Waals surface area contributed by atoms with Gasteiger partial charge >= 0.3 is 0 Å². The van der Waals surface area contributed by atoms with Crippen LogP contribution in [0.2, 0.25) is 0 Å². The quantitative estimate of drug-likeness (QED) is 0.277. The van der Waals surface area contributed by atoms with E-state index in [0.717, 1.165) is 38.6 Å². The maximum Gasteiger partial charge on any atom is 0.164 e. The Morgan fingerprint density at radius 2 is 1.10 bits per heavy atom. The third-order valence-corrected chi connectivity index (χ3v) is 11.6. The first-order valence-electron chi connectivity index (χ1n) is 16.6. The van der Waals surface area contributed by atoms with Gasteiger partial charge in [-0.2, -0.15) is 0 Å². The van der Waals surface area contributed by atoms with Crippen molar-refractivity contribution in [3.05, 3.63) is 109 Å². The van der Waals surface area contributed by atoms with Gasteiger partial charge in [0.2, 0.25) is 0 Å². The van der Waals surface area contributed by atoms with Gasteiger partial charge in [0.25, 0.3) is 0 Å². The normalized spacial score (nSPS) is 11.7. The average Bonchev–Trinajstić information content (AvgIpc) is 3.71. The van der Waals surface area contributed by atoms with E-state index in [-0.39, 0.29) is 0 Å². The zero-order valence-electron chi connectivity index (χ0n) is 28.1. The van der Waals surface area contributed by atoms with Crippen LogP contribution < -0.4 is 27.3 Å². The van der Waals surface area contributed by atoms with Crippen molar-refractivity contribution in [2.75, 3.05) is 0 Å². The van der Waals surface area contributed by atoms with Gasteiger partial charge in [0.1, 0.15) is 50.4 Å². The molecular weight excluding hydrogens is 613 g/mol. The standard InChI is InChI=1S/C39H28B5N3OS/c40-31-30(32(41)34(43)35(44)33(31)42)39-46-37(19-7-2-1-3-8-19)45-38(47-39)21-13-15-23-26-17-20(14-16-27(26)48-28(23)18-21)22-10-6-11-25-24-9-4-5-12-29(24)49-36(22)25/h1-18H,40-44H2. The van der Waals surface area contributed by atoms with Crippen molar-refractivity contribution in [2.45, 2.75) is 0 Å². The van der Waals surface area contributed by atoms with Crippen molar-refractivity contribution < 1.29 is 4.42 Å². The first kappa shape index (κ1) is 29.8. The minimum absolute atomic E-state index is 0.623. The zero-order chi connectivity index (χ0) is 33.4. The molecule has 0 saturated carbocycles. The minimum atomic E-state index is 0.623. The van der Waals surface area contributed by atoms with Crippen LogP contribution in [0.3, 0.4) is 0 Å². The van der Waals surface area contributed by atoms with Gasteiger partial charge in [0, 0.05) is 47.6 Å². The molecule has 0 N–H and O–H groups in total. The average molecular weight is 641 g/mol. The summed E-state index contributed by atoms with van der Waals surface area (Å²) in [6.07, 6.45) is 0. The van der Waals surface area contributed by atoms with Gasteiger partial charge < -0.3 is 4.42 Å². The maximum atomic E-state index is 6.49. The predicted octanol–water partition coefficient (Wildman–Crippen LogP) is 2.10. The lowest BCUT2D eigenvalue weighted by atomic mass is 9.60. The van der Waals surface area contributed by atoms with Crippen LogP contribution in [-0.2, 0) is 0 Å². The molecule has 9 rings (SSSR count). The topological polar surface area (TPSA) is 51.8 Å². The molecule has 49 heavy (non-hydrogen) atoms. The van der Waals surface area contributed by atoms with Crippen LogP contribution in [0, 0.1) is 0 Å². The lowest BCUT2D eigenvalue weighted by molar-refractivity contribution is 0.669. The molecule has 6 aromatic carbocycles. The highest BCUT2D eigenvalue weighted by molar-refractivity contribution is 7.26. The highest BCUT2D eigenvalue weighted by atomic mass is 32.1. The van der Waals surface area contributed by atoms with E-state index in [1.54, 1.807) is 0 Å². The second kappa shape index (κ2) is 11.4.